The van der Waals surface area contributed by atoms with E-state index in [9.17, 15) is 13.2 Å². The number of benzene rings is 1. The van der Waals surface area contributed by atoms with Crippen LogP contribution >= 0.6 is 0 Å². The summed E-state index contributed by atoms with van der Waals surface area (Å²) in [6.07, 6.45) is -4.81. The van der Waals surface area contributed by atoms with Crippen LogP contribution in [0.1, 0.15) is 43.3 Å². The Morgan fingerprint density at radius 3 is 2.44 bits per heavy atom. The number of hydrogen-bond acceptors (Lipinski definition) is 2. The second-order valence-corrected chi connectivity index (χ2v) is 4.95. The second kappa shape index (κ2) is 5.18. The fourth-order valence-electron chi connectivity index (χ4n) is 1.41. The molecule has 0 saturated heterocycles. The van der Waals surface area contributed by atoms with Gasteiger partial charge in [-0.3, -0.25) is 0 Å². The van der Waals surface area contributed by atoms with Crippen molar-refractivity contribution in [1.82, 2.24) is 5.32 Å². The summed E-state index contributed by atoms with van der Waals surface area (Å²) in [5.41, 5.74) is -0.299. The smallest absolute Gasteiger partial charge is 0.406 e. The minimum absolute atomic E-state index is 0.215. The van der Waals surface area contributed by atoms with Gasteiger partial charge >= 0.3 is 6.36 Å². The van der Waals surface area contributed by atoms with Gasteiger partial charge in [0.1, 0.15) is 5.75 Å². The van der Waals surface area contributed by atoms with Crippen molar-refractivity contribution in [3.63, 3.8) is 0 Å². The van der Waals surface area contributed by atoms with Gasteiger partial charge in [-0.25, -0.2) is 0 Å². The Morgan fingerprint density at radius 2 is 1.94 bits per heavy atom. The van der Waals surface area contributed by atoms with E-state index < -0.39 is 30.5 Å². The zero-order valence-electron chi connectivity index (χ0n) is 13.4. The lowest BCUT2D eigenvalue weighted by Gasteiger charge is -2.26. The van der Waals surface area contributed by atoms with Crippen molar-refractivity contribution in [2.75, 3.05) is 0 Å². The molecular weight excluding hydrogens is 243 g/mol. The first-order valence-corrected chi connectivity index (χ1v) is 5.41. The molecule has 0 radical (unpaired) electrons. The highest BCUT2D eigenvalue weighted by molar-refractivity contribution is 5.30. The summed E-state index contributed by atoms with van der Waals surface area (Å²) in [7, 11) is 0. The van der Waals surface area contributed by atoms with Gasteiger partial charge in [0.05, 0.1) is 0 Å². The lowest BCUT2D eigenvalue weighted by molar-refractivity contribution is -0.274. The van der Waals surface area contributed by atoms with Crippen LogP contribution in [0.3, 0.4) is 0 Å². The molecule has 0 heterocycles. The Labute approximate surface area is 109 Å². The molecule has 1 atom stereocenters. The average Bonchev–Trinajstić information content (AvgIpc) is 2.21. The molecule has 0 amide bonds. The molecule has 18 heavy (non-hydrogen) atoms. The monoisotopic (exact) mass is 264 g/mol. The average molecular weight is 264 g/mol. The summed E-state index contributed by atoms with van der Waals surface area (Å²) in [5, 5.41) is 2.90. The Bertz CT molecular complexity index is 481. The molecule has 102 valence electrons. The summed E-state index contributed by atoms with van der Waals surface area (Å²) >= 11 is 0. The molecule has 0 saturated carbocycles. The number of alkyl halides is 3. The predicted molar refractivity (Wildman–Crippen MR) is 64.4 cm³/mol. The van der Waals surface area contributed by atoms with E-state index in [-0.39, 0.29) is 5.56 Å². The number of halogens is 3. The lowest BCUT2D eigenvalue weighted by Crippen LogP contribution is -2.37. The van der Waals surface area contributed by atoms with Crippen LogP contribution in [-0.2, 0) is 0 Å². The molecule has 1 rings (SSSR count). The first kappa shape index (κ1) is 10.7. The van der Waals surface area contributed by atoms with Crippen LogP contribution in [0.15, 0.2) is 24.3 Å². The number of rotatable bonds is 3. The maximum atomic E-state index is 12.2. The van der Waals surface area contributed by atoms with E-state index >= 15 is 0 Å². The fourth-order valence-corrected chi connectivity index (χ4v) is 1.41. The van der Waals surface area contributed by atoms with Gasteiger partial charge < -0.3 is 10.1 Å². The topological polar surface area (TPSA) is 21.3 Å². The van der Waals surface area contributed by atoms with E-state index in [1.807, 2.05) is 0 Å². The van der Waals surface area contributed by atoms with Crippen LogP contribution in [0.4, 0.5) is 13.2 Å². The van der Waals surface area contributed by atoms with Crippen molar-refractivity contribution in [3.8, 4) is 5.75 Å². The Kier molecular flexibility index (Phi) is 3.07. The van der Waals surface area contributed by atoms with Crippen LogP contribution in [0.2, 0.25) is 0 Å². The van der Waals surface area contributed by atoms with E-state index in [2.05, 4.69) is 10.1 Å². The fraction of sp³-hybridized carbons (Fsp3) is 0.538. The lowest BCUT2D eigenvalue weighted by atomic mass is 10.0. The number of hydrogen-bond donors (Lipinski definition) is 1. The third-order valence-electron chi connectivity index (χ3n) is 2.00. The maximum Gasteiger partial charge on any atom is 0.573 e. The van der Waals surface area contributed by atoms with Crippen molar-refractivity contribution in [2.45, 2.75) is 45.6 Å². The van der Waals surface area contributed by atoms with Gasteiger partial charge in [-0.15, -0.1) is 13.2 Å². The van der Waals surface area contributed by atoms with E-state index in [1.54, 1.807) is 20.8 Å². The number of ether oxygens (including phenoxy) is 1. The molecule has 0 fully saturated rings. The minimum Gasteiger partial charge on any atom is -0.406 e. The van der Waals surface area contributed by atoms with Crippen molar-refractivity contribution in [3.05, 3.63) is 29.8 Å². The predicted octanol–water partition coefficient (Wildman–Crippen LogP) is 4.03. The molecule has 1 N–H and O–H groups in total. The summed E-state index contributed by atoms with van der Waals surface area (Å²) < 4.78 is 63.2. The third kappa shape index (κ3) is 5.40. The van der Waals surface area contributed by atoms with Crippen molar-refractivity contribution in [1.29, 1.82) is 0 Å². The van der Waals surface area contributed by atoms with E-state index in [0.29, 0.717) is 0 Å². The van der Waals surface area contributed by atoms with Crippen molar-refractivity contribution < 1.29 is 22.0 Å². The van der Waals surface area contributed by atoms with E-state index in [4.69, 9.17) is 4.11 Å². The van der Waals surface area contributed by atoms with Crippen LogP contribution in [-0.4, -0.2) is 11.9 Å². The van der Waals surface area contributed by atoms with Crippen LogP contribution in [0, 0.1) is 0 Å². The summed E-state index contributed by atoms with van der Waals surface area (Å²) in [6, 6.07) is 3.92. The molecule has 0 aliphatic rings. The zero-order chi connectivity index (χ0) is 16.5. The normalized spacial score (nSPS) is 17.6. The summed E-state index contributed by atoms with van der Waals surface area (Å²) in [4.78, 5) is 0. The van der Waals surface area contributed by atoms with E-state index in [0.717, 1.165) is 12.1 Å². The molecule has 1 aromatic rings. The summed E-state index contributed by atoms with van der Waals surface area (Å²) in [5.74, 6) is -0.440. The van der Waals surface area contributed by atoms with Gasteiger partial charge in [-0.05, 0) is 45.3 Å². The second-order valence-electron chi connectivity index (χ2n) is 4.95. The van der Waals surface area contributed by atoms with E-state index in [1.165, 1.54) is 12.1 Å². The van der Waals surface area contributed by atoms with Crippen LogP contribution < -0.4 is 10.1 Å². The highest BCUT2D eigenvalue weighted by Gasteiger charge is 2.31. The zero-order valence-corrected chi connectivity index (χ0v) is 10.4. The summed E-state index contributed by atoms with van der Waals surface area (Å²) in [6.45, 7) is 2.94. The molecule has 1 aromatic carbocycles. The first-order chi connectivity index (χ1) is 9.28. The van der Waals surface area contributed by atoms with Crippen LogP contribution in [0.25, 0.3) is 0 Å². The van der Waals surface area contributed by atoms with Gasteiger partial charge in [-0.1, -0.05) is 12.1 Å². The van der Waals surface area contributed by atoms with Gasteiger partial charge in [0.15, 0.2) is 0 Å². The molecule has 0 unspecified atom stereocenters. The molecule has 0 bridgehead atoms. The SMILES string of the molecule is [2H]C([2H])([2H])[C@@H](NC(C)(C)C)c1cccc(OC(F)(F)F)c1. The first-order valence-electron chi connectivity index (χ1n) is 6.91. The highest BCUT2D eigenvalue weighted by atomic mass is 19.4. The largest absolute Gasteiger partial charge is 0.573 e. The van der Waals surface area contributed by atoms with Crippen LogP contribution in [0.5, 0.6) is 5.75 Å². The van der Waals surface area contributed by atoms with Gasteiger partial charge in [0, 0.05) is 15.7 Å². The standard InChI is InChI=1S/C13H18F3NO/c1-9(17-12(2,3)4)10-6-5-7-11(8-10)18-13(14,15)16/h5-9,17H,1-4H3/t9-/m1/s1/i1D3. The number of nitrogens with one attached hydrogen (secondary N) is 1. The minimum atomic E-state index is -4.81. The van der Waals surface area contributed by atoms with Crippen molar-refractivity contribution in [2.24, 2.45) is 0 Å². The van der Waals surface area contributed by atoms with Gasteiger partial charge in [-0.2, -0.15) is 0 Å². The van der Waals surface area contributed by atoms with Gasteiger partial charge in [0.25, 0.3) is 0 Å². The quantitative estimate of drug-likeness (QED) is 0.889. The maximum absolute atomic E-state index is 12.2. The molecule has 0 spiro atoms. The Hall–Kier alpha value is -1.23. The third-order valence-corrected chi connectivity index (χ3v) is 2.00. The molecule has 0 aliphatic heterocycles. The molecule has 0 aliphatic carbocycles. The van der Waals surface area contributed by atoms with Crippen molar-refractivity contribution >= 4 is 0 Å². The Balaban J connectivity index is 3.11. The molecule has 2 nitrogen and oxygen atoms in total. The molecule has 5 heteroatoms. The Morgan fingerprint density at radius 1 is 1.28 bits per heavy atom. The molecular formula is C13H18F3NO. The molecule has 0 aromatic heterocycles. The highest BCUT2D eigenvalue weighted by Crippen LogP contribution is 2.26. The van der Waals surface area contributed by atoms with Gasteiger partial charge in [0.2, 0.25) is 0 Å².